The zero-order valence-electron chi connectivity index (χ0n) is 10.2. The van der Waals surface area contributed by atoms with Crippen LogP contribution >= 0.6 is 11.6 Å². The van der Waals surface area contributed by atoms with Crippen LogP contribution in [0.2, 0.25) is 5.02 Å². The van der Waals surface area contributed by atoms with Crippen molar-refractivity contribution in [3.8, 4) is 11.8 Å². The van der Waals surface area contributed by atoms with Gasteiger partial charge in [-0.1, -0.05) is 11.6 Å². The molecule has 0 aromatic heterocycles. The molecule has 0 spiro atoms. The lowest BCUT2D eigenvalue weighted by molar-refractivity contribution is -0.0690. The number of benzene rings is 1. The lowest BCUT2D eigenvalue weighted by Gasteiger charge is -2.35. The Bertz CT molecular complexity index is 467. The number of nitrogens with zero attached hydrogens (tertiary/aromatic N) is 1. The van der Waals surface area contributed by atoms with Crippen LogP contribution in [0, 0.1) is 16.7 Å². The van der Waals surface area contributed by atoms with Crippen LogP contribution in [0.4, 0.5) is 5.69 Å². The second-order valence-electron chi connectivity index (χ2n) is 4.32. The molecule has 1 aliphatic rings. The van der Waals surface area contributed by atoms with E-state index in [0.717, 1.165) is 5.69 Å². The zero-order valence-corrected chi connectivity index (χ0v) is 11.0. The van der Waals surface area contributed by atoms with Gasteiger partial charge in [-0.15, -0.1) is 0 Å². The van der Waals surface area contributed by atoms with E-state index >= 15 is 0 Å². The molecular formula is C13H15ClN2O2. The third kappa shape index (κ3) is 2.69. The Labute approximate surface area is 111 Å². The summed E-state index contributed by atoms with van der Waals surface area (Å²) in [6, 6.07) is 7.80. The van der Waals surface area contributed by atoms with Crippen LogP contribution in [0.15, 0.2) is 18.2 Å². The van der Waals surface area contributed by atoms with E-state index in [4.69, 9.17) is 26.3 Å². The van der Waals surface area contributed by atoms with Crippen molar-refractivity contribution in [3.63, 3.8) is 0 Å². The first-order chi connectivity index (χ1) is 8.69. The molecule has 5 heteroatoms. The van der Waals surface area contributed by atoms with Gasteiger partial charge in [0.05, 0.1) is 30.9 Å². The summed E-state index contributed by atoms with van der Waals surface area (Å²) in [5.41, 5.74) is 0.482. The van der Waals surface area contributed by atoms with E-state index < -0.39 is 5.41 Å². The average Bonchev–Trinajstić information content (AvgIpc) is 2.32. The summed E-state index contributed by atoms with van der Waals surface area (Å²) in [4.78, 5) is 0. The number of anilines is 1. The van der Waals surface area contributed by atoms with Crippen LogP contribution < -0.4 is 10.1 Å². The highest BCUT2D eigenvalue weighted by Crippen LogP contribution is 2.30. The molecule has 0 radical (unpaired) electrons. The molecule has 1 saturated heterocycles. The van der Waals surface area contributed by atoms with Gasteiger partial charge in [0.2, 0.25) is 0 Å². The third-order valence-electron chi connectivity index (χ3n) is 2.86. The van der Waals surface area contributed by atoms with Gasteiger partial charge < -0.3 is 14.8 Å². The Hall–Kier alpha value is -1.44. The molecule has 0 saturated carbocycles. The van der Waals surface area contributed by atoms with Crippen LogP contribution in [0.3, 0.4) is 0 Å². The highest BCUT2D eigenvalue weighted by atomic mass is 35.5. The fraction of sp³-hybridized carbons (Fsp3) is 0.462. The van der Waals surface area contributed by atoms with E-state index in [1.165, 1.54) is 0 Å². The fourth-order valence-electron chi connectivity index (χ4n) is 1.71. The number of halogens is 1. The molecule has 0 aliphatic carbocycles. The minimum atomic E-state index is -0.398. The number of nitrogens with one attached hydrogen (secondary N) is 1. The van der Waals surface area contributed by atoms with E-state index in [-0.39, 0.29) is 0 Å². The first-order valence-corrected chi connectivity index (χ1v) is 6.22. The molecule has 0 amide bonds. The van der Waals surface area contributed by atoms with Crippen LogP contribution in [-0.2, 0) is 4.74 Å². The topological polar surface area (TPSA) is 54.3 Å². The largest absolute Gasteiger partial charge is 0.492 e. The maximum absolute atomic E-state index is 9.07. The van der Waals surface area contributed by atoms with Crippen molar-refractivity contribution in [3.05, 3.63) is 23.2 Å². The summed E-state index contributed by atoms with van der Waals surface area (Å²) < 4.78 is 10.4. The Morgan fingerprint density at radius 2 is 2.33 bits per heavy atom. The van der Waals surface area contributed by atoms with Crippen LogP contribution in [-0.4, -0.2) is 26.4 Å². The van der Waals surface area contributed by atoms with E-state index in [0.29, 0.717) is 37.1 Å². The summed E-state index contributed by atoms with van der Waals surface area (Å²) in [7, 11) is 0. The molecule has 96 valence electrons. The minimum Gasteiger partial charge on any atom is -0.492 e. The summed E-state index contributed by atoms with van der Waals surface area (Å²) in [6.45, 7) is 4.04. The number of rotatable bonds is 5. The smallest absolute Gasteiger partial charge is 0.138 e. The van der Waals surface area contributed by atoms with Gasteiger partial charge in [0.1, 0.15) is 11.2 Å². The molecular weight excluding hydrogens is 252 g/mol. The molecule has 0 unspecified atom stereocenters. The number of ether oxygens (including phenoxy) is 2. The van der Waals surface area contributed by atoms with Gasteiger partial charge in [0.25, 0.3) is 0 Å². The molecule has 1 aromatic rings. The van der Waals surface area contributed by atoms with Gasteiger partial charge in [-0.05, 0) is 25.1 Å². The first-order valence-electron chi connectivity index (χ1n) is 5.84. The predicted molar refractivity (Wildman–Crippen MR) is 70.0 cm³/mol. The predicted octanol–water partition coefficient (Wildman–Crippen LogP) is 2.69. The van der Waals surface area contributed by atoms with Gasteiger partial charge in [-0.2, -0.15) is 5.26 Å². The second-order valence-corrected chi connectivity index (χ2v) is 4.72. The molecule has 1 aromatic carbocycles. The van der Waals surface area contributed by atoms with Gasteiger partial charge in [0.15, 0.2) is 0 Å². The van der Waals surface area contributed by atoms with E-state index in [1.807, 2.05) is 19.1 Å². The highest BCUT2D eigenvalue weighted by Gasteiger charge is 2.38. The monoisotopic (exact) mass is 266 g/mol. The molecule has 1 heterocycles. The van der Waals surface area contributed by atoms with Crippen molar-refractivity contribution >= 4 is 17.3 Å². The van der Waals surface area contributed by atoms with Gasteiger partial charge in [0, 0.05) is 12.2 Å². The van der Waals surface area contributed by atoms with E-state index in [1.54, 1.807) is 6.07 Å². The van der Waals surface area contributed by atoms with Gasteiger partial charge >= 0.3 is 0 Å². The molecule has 0 bridgehead atoms. The lowest BCUT2D eigenvalue weighted by atomic mass is 9.88. The molecule has 2 rings (SSSR count). The van der Waals surface area contributed by atoms with Crippen LogP contribution in [0.5, 0.6) is 5.75 Å². The Morgan fingerprint density at radius 1 is 1.56 bits per heavy atom. The maximum atomic E-state index is 9.07. The summed E-state index contributed by atoms with van der Waals surface area (Å²) in [6.07, 6.45) is 0. The van der Waals surface area contributed by atoms with Crippen LogP contribution in [0.25, 0.3) is 0 Å². The fourth-order valence-corrected chi connectivity index (χ4v) is 1.94. The minimum absolute atomic E-state index is 0.398. The van der Waals surface area contributed by atoms with Crippen molar-refractivity contribution in [2.75, 3.05) is 31.7 Å². The number of hydrogen-bond donors (Lipinski definition) is 1. The quantitative estimate of drug-likeness (QED) is 0.890. The Kier molecular flexibility index (Phi) is 3.95. The summed E-state index contributed by atoms with van der Waals surface area (Å²) in [5, 5.41) is 12.8. The normalized spacial score (nSPS) is 16.5. The van der Waals surface area contributed by atoms with Gasteiger partial charge in [-0.3, -0.25) is 0 Å². The van der Waals surface area contributed by atoms with Gasteiger partial charge in [-0.25, -0.2) is 0 Å². The summed E-state index contributed by atoms with van der Waals surface area (Å²) >= 11 is 6.09. The molecule has 18 heavy (non-hydrogen) atoms. The molecule has 1 N–H and O–H groups in total. The van der Waals surface area contributed by atoms with Crippen molar-refractivity contribution in [2.24, 2.45) is 5.41 Å². The summed E-state index contributed by atoms with van der Waals surface area (Å²) in [5.74, 6) is 0.673. The standard InChI is InChI=1S/C13H15ClN2O2/c1-2-18-12-4-3-10(5-11(12)14)16-7-13(6-15)8-17-9-13/h3-5,16H,2,7-9H2,1H3. The lowest BCUT2D eigenvalue weighted by Crippen LogP contribution is -2.46. The molecule has 1 fully saturated rings. The maximum Gasteiger partial charge on any atom is 0.138 e. The molecule has 1 aliphatic heterocycles. The molecule has 4 nitrogen and oxygen atoms in total. The Morgan fingerprint density at radius 3 is 2.83 bits per heavy atom. The van der Waals surface area contributed by atoms with E-state index in [9.17, 15) is 0 Å². The third-order valence-corrected chi connectivity index (χ3v) is 3.15. The van der Waals surface area contributed by atoms with Crippen molar-refractivity contribution < 1.29 is 9.47 Å². The van der Waals surface area contributed by atoms with Crippen molar-refractivity contribution in [1.29, 1.82) is 5.26 Å². The highest BCUT2D eigenvalue weighted by molar-refractivity contribution is 6.32. The van der Waals surface area contributed by atoms with E-state index in [2.05, 4.69) is 11.4 Å². The number of hydrogen-bond acceptors (Lipinski definition) is 4. The zero-order chi connectivity index (χ0) is 13.0. The average molecular weight is 267 g/mol. The molecule has 0 atom stereocenters. The second kappa shape index (κ2) is 5.47. The first kappa shape index (κ1) is 13.0. The Balaban J connectivity index is 1.98. The van der Waals surface area contributed by atoms with Crippen molar-refractivity contribution in [2.45, 2.75) is 6.92 Å². The van der Waals surface area contributed by atoms with Crippen molar-refractivity contribution in [1.82, 2.24) is 0 Å². The SMILES string of the molecule is CCOc1ccc(NCC2(C#N)COC2)cc1Cl. The number of nitriles is 1. The van der Waals surface area contributed by atoms with Crippen LogP contribution in [0.1, 0.15) is 6.92 Å².